The van der Waals surface area contributed by atoms with Crippen LogP contribution in [-0.2, 0) is 10.3 Å². The van der Waals surface area contributed by atoms with Gasteiger partial charge in [0.05, 0.1) is 5.92 Å². The molecule has 1 saturated heterocycles. The molecule has 3 unspecified atom stereocenters. The molecule has 1 N–H and O–H groups in total. The van der Waals surface area contributed by atoms with Crippen LogP contribution in [0.3, 0.4) is 0 Å². The zero-order valence-electron chi connectivity index (χ0n) is 16.7. The second-order valence-corrected chi connectivity index (χ2v) is 8.47. The summed E-state index contributed by atoms with van der Waals surface area (Å²) in [5, 5.41) is 3.46. The lowest BCUT2D eigenvalue weighted by Gasteiger charge is -2.35. The number of likely N-dealkylation sites (tertiary alicyclic amines) is 1. The number of carbonyl (C=O) groups excluding carboxylic acids is 2. The van der Waals surface area contributed by atoms with Gasteiger partial charge in [-0.3, -0.25) is 19.5 Å². The molecule has 2 aliphatic heterocycles. The minimum Gasteiger partial charge on any atom is -0.324 e. The van der Waals surface area contributed by atoms with Gasteiger partial charge >= 0.3 is 0 Å². The number of nitrogens with one attached hydrogen (secondary N) is 1. The van der Waals surface area contributed by atoms with Crippen LogP contribution in [0.4, 0.5) is 10.1 Å². The van der Waals surface area contributed by atoms with Crippen molar-refractivity contribution in [2.45, 2.75) is 11.5 Å². The van der Waals surface area contributed by atoms with Crippen LogP contribution in [0, 0.1) is 11.7 Å². The summed E-state index contributed by atoms with van der Waals surface area (Å²) in [6, 6.07) is 14.9. The van der Waals surface area contributed by atoms with Crippen LogP contribution in [0.5, 0.6) is 0 Å². The number of hydrogen-bond donors (Lipinski definition) is 1. The zero-order chi connectivity index (χ0) is 21.8. The highest BCUT2D eigenvalue weighted by atomic mass is 35.5. The number of halogens is 2. The van der Waals surface area contributed by atoms with E-state index >= 15 is 0 Å². The van der Waals surface area contributed by atoms with Crippen molar-refractivity contribution in [3.05, 3.63) is 94.5 Å². The number of nitrogens with zero attached hydrogens (tertiary/aromatic N) is 2. The highest BCUT2D eigenvalue weighted by molar-refractivity contribution is 6.30. The Balaban J connectivity index is 1.74. The number of carbonyl (C=O) groups is 2. The van der Waals surface area contributed by atoms with Crippen LogP contribution in [0.2, 0.25) is 5.02 Å². The normalized spacial score (nSPS) is 24.9. The van der Waals surface area contributed by atoms with Crippen molar-refractivity contribution in [1.82, 2.24) is 9.88 Å². The van der Waals surface area contributed by atoms with Gasteiger partial charge < -0.3 is 5.32 Å². The summed E-state index contributed by atoms with van der Waals surface area (Å²) in [6.07, 6.45) is 3.10. The zero-order valence-corrected chi connectivity index (χ0v) is 17.4. The average Bonchev–Trinajstić information content (AvgIpc) is 3.24. The summed E-state index contributed by atoms with van der Waals surface area (Å²) >= 11 is 6.08. The number of hydrogen-bond acceptors (Lipinski definition) is 4. The number of amides is 1. The molecule has 3 heterocycles. The molecule has 7 heteroatoms. The third-order valence-electron chi connectivity index (χ3n) is 6.44. The molecule has 2 aromatic carbocycles. The molecule has 0 radical (unpaired) electrons. The summed E-state index contributed by atoms with van der Waals surface area (Å²) in [4.78, 5) is 33.3. The Hall–Kier alpha value is -3.09. The van der Waals surface area contributed by atoms with Crippen LogP contribution in [0.1, 0.15) is 27.4 Å². The standard InChI is InChI=1S/C24H19ClFN3O2/c1-29-13-18(14-4-6-16(25)7-5-14)21(22(30)15-3-2-10-27-12-15)24(29)19-11-17(26)8-9-20(19)28-23(24)31/h2-12,18,21H,13H2,1H3,(H,28,31). The molecule has 5 nitrogen and oxygen atoms in total. The number of pyridine rings is 1. The second kappa shape index (κ2) is 7.25. The fourth-order valence-electron chi connectivity index (χ4n) is 5.11. The summed E-state index contributed by atoms with van der Waals surface area (Å²) < 4.78 is 14.3. The van der Waals surface area contributed by atoms with E-state index in [0.717, 1.165) is 5.56 Å². The van der Waals surface area contributed by atoms with E-state index in [1.54, 1.807) is 43.6 Å². The largest absolute Gasteiger partial charge is 0.324 e. The molecule has 0 saturated carbocycles. The smallest absolute Gasteiger partial charge is 0.250 e. The fourth-order valence-corrected chi connectivity index (χ4v) is 5.24. The first-order chi connectivity index (χ1) is 14.9. The molecule has 5 rings (SSSR count). The fraction of sp³-hybridized carbons (Fsp3) is 0.208. The number of Topliss-reactive ketones (excluding diaryl/α,β-unsaturated/α-hetero) is 1. The SMILES string of the molecule is CN1CC(c2ccc(Cl)cc2)C(C(=O)c2cccnc2)C12C(=O)Nc1ccc(F)cc12. The maximum atomic E-state index is 14.3. The minimum atomic E-state index is -1.32. The van der Waals surface area contributed by atoms with Gasteiger partial charge in [0, 0.05) is 46.7 Å². The lowest BCUT2D eigenvalue weighted by atomic mass is 9.70. The van der Waals surface area contributed by atoms with Gasteiger partial charge in [-0.25, -0.2) is 4.39 Å². The topological polar surface area (TPSA) is 62.3 Å². The molecular weight excluding hydrogens is 417 g/mol. The predicted molar refractivity (Wildman–Crippen MR) is 116 cm³/mol. The lowest BCUT2D eigenvalue weighted by molar-refractivity contribution is -0.126. The van der Waals surface area contributed by atoms with Crippen molar-refractivity contribution in [2.75, 3.05) is 18.9 Å². The lowest BCUT2D eigenvalue weighted by Crippen LogP contribution is -2.51. The van der Waals surface area contributed by atoms with Crippen molar-refractivity contribution >= 4 is 29.0 Å². The van der Waals surface area contributed by atoms with Crippen LogP contribution in [-0.4, -0.2) is 35.2 Å². The molecule has 31 heavy (non-hydrogen) atoms. The minimum absolute atomic E-state index is 0.204. The van der Waals surface area contributed by atoms with Crippen molar-refractivity contribution in [1.29, 1.82) is 0 Å². The van der Waals surface area contributed by atoms with Crippen molar-refractivity contribution in [3.8, 4) is 0 Å². The number of likely N-dealkylation sites (N-methyl/N-ethyl adjacent to an activating group) is 1. The molecule has 0 aliphatic carbocycles. The van der Waals surface area contributed by atoms with Gasteiger partial charge in [0.15, 0.2) is 5.78 Å². The first kappa shape index (κ1) is 19.8. The number of aromatic nitrogens is 1. The van der Waals surface area contributed by atoms with Gasteiger partial charge in [-0.2, -0.15) is 0 Å². The Morgan fingerprint density at radius 3 is 2.71 bits per heavy atom. The molecule has 1 fully saturated rings. The molecule has 3 atom stereocenters. The third-order valence-corrected chi connectivity index (χ3v) is 6.69. The maximum absolute atomic E-state index is 14.3. The Bertz CT molecular complexity index is 1190. The van der Waals surface area contributed by atoms with E-state index in [0.29, 0.717) is 28.4 Å². The highest BCUT2D eigenvalue weighted by Gasteiger charge is 2.64. The van der Waals surface area contributed by atoms with Gasteiger partial charge in [-0.1, -0.05) is 23.7 Å². The molecule has 1 aromatic heterocycles. The summed E-state index contributed by atoms with van der Waals surface area (Å²) in [5.74, 6) is -2.05. The molecule has 1 spiro atoms. The van der Waals surface area contributed by atoms with E-state index in [9.17, 15) is 14.0 Å². The van der Waals surface area contributed by atoms with Crippen LogP contribution in [0.15, 0.2) is 67.0 Å². The van der Waals surface area contributed by atoms with Crippen molar-refractivity contribution in [3.63, 3.8) is 0 Å². The molecule has 3 aromatic rings. The van der Waals surface area contributed by atoms with Gasteiger partial charge in [0.1, 0.15) is 11.4 Å². The van der Waals surface area contributed by atoms with Gasteiger partial charge in [-0.05, 0) is 55.1 Å². The van der Waals surface area contributed by atoms with E-state index in [2.05, 4.69) is 10.3 Å². The first-order valence-corrected chi connectivity index (χ1v) is 10.3. The van der Waals surface area contributed by atoms with Gasteiger partial charge in [0.2, 0.25) is 5.91 Å². The van der Waals surface area contributed by atoms with E-state index < -0.39 is 17.3 Å². The predicted octanol–water partition coefficient (Wildman–Crippen LogP) is 4.25. The summed E-state index contributed by atoms with van der Waals surface area (Å²) in [7, 11) is 1.80. The number of fused-ring (bicyclic) bond motifs is 2. The Labute approximate surface area is 183 Å². The highest BCUT2D eigenvalue weighted by Crippen LogP contribution is 2.55. The quantitative estimate of drug-likeness (QED) is 0.625. The van der Waals surface area contributed by atoms with Gasteiger partial charge in [0.25, 0.3) is 0 Å². The Kier molecular flexibility index (Phi) is 4.64. The Morgan fingerprint density at radius 2 is 2.00 bits per heavy atom. The average molecular weight is 436 g/mol. The van der Waals surface area contributed by atoms with Crippen molar-refractivity contribution < 1.29 is 14.0 Å². The first-order valence-electron chi connectivity index (χ1n) is 9.95. The molecule has 0 bridgehead atoms. The molecule has 156 valence electrons. The molecular formula is C24H19ClFN3O2. The van der Waals surface area contributed by atoms with E-state index in [-0.39, 0.29) is 17.6 Å². The Morgan fingerprint density at radius 1 is 1.23 bits per heavy atom. The van der Waals surface area contributed by atoms with Crippen LogP contribution < -0.4 is 5.32 Å². The van der Waals surface area contributed by atoms with E-state index in [4.69, 9.17) is 11.6 Å². The summed E-state index contributed by atoms with van der Waals surface area (Å²) in [5.41, 5.74) is 0.999. The molecule has 1 amide bonds. The van der Waals surface area contributed by atoms with Gasteiger partial charge in [-0.15, -0.1) is 0 Å². The monoisotopic (exact) mass is 435 g/mol. The number of ketones is 1. The molecule has 2 aliphatic rings. The van der Waals surface area contributed by atoms with E-state index in [1.807, 2.05) is 17.0 Å². The maximum Gasteiger partial charge on any atom is 0.250 e. The van der Waals surface area contributed by atoms with E-state index in [1.165, 1.54) is 18.3 Å². The van der Waals surface area contributed by atoms with Crippen molar-refractivity contribution in [2.24, 2.45) is 5.92 Å². The van der Waals surface area contributed by atoms with Crippen LogP contribution >= 0.6 is 11.6 Å². The number of benzene rings is 2. The number of rotatable bonds is 3. The number of anilines is 1. The summed E-state index contributed by atoms with van der Waals surface area (Å²) in [6.45, 7) is 0.446. The van der Waals surface area contributed by atoms with Crippen LogP contribution in [0.25, 0.3) is 0 Å². The third kappa shape index (κ3) is 2.90. The second-order valence-electron chi connectivity index (χ2n) is 8.03.